The Morgan fingerprint density at radius 3 is 2.81 bits per heavy atom. The Labute approximate surface area is 148 Å². The van der Waals surface area contributed by atoms with Crippen molar-refractivity contribution < 1.29 is 18.0 Å². The normalized spacial score (nSPS) is 11.5. The fourth-order valence-electron chi connectivity index (χ4n) is 1.98. The van der Waals surface area contributed by atoms with Crippen LogP contribution in [0.1, 0.15) is 5.56 Å². The Kier molecular flexibility index (Phi) is 4.79. The largest absolute Gasteiger partial charge is 0.416 e. The number of nitrogens with one attached hydrogen (secondary N) is 2. The minimum absolute atomic E-state index is 0.0505. The number of amides is 1. The molecule has 0 aliphatic heterocycles. The van der Waals surface area contributed by atoms with Crippen LogP contribution in [0, 0.1) is 0 Å². The Hall–Kier alpha value is -3.09. The predicted molar refractivity (Wildman–Crippen MR) is 86.5 cm³/mol. The summed E-state index contributed by atoms with van der Waals surface area (Å²) in [5.41, 5.74) is 4.67. The van der Waals surface area contributed by atoms with Crippen LogP contribution in [-0.4, -0.2) is 41.6 Å². The number of aromatic nitrogens is 6. The number of nitrogens with zero attached hydrogens (tertiary/aromatic N) is 5. The lowest BCUT2D eigenvalue weighted by molar-refractivity contribution is -0.137. The first-order valence-electron chi connectivity index (χ1n) is 6.99. The maximum absolute atomic E-state index is 13.0. The lowest BCUT2D eigenvalue weighted by Crippen LogP contribution is -2.17. The highest BCUT2D eigenvalue weighted by molar-refractivity contribution is 7.99. The van der Waals surface area contributed by atoms with Crippen molar-refractivity contribution in [2.75, 3.05) is 16.8 Å². The summed E-state index contributed by atoms with van der Waals surface area (Å²) in [4.78, 5) is 19.7. The lowest BCUT2D eigenvalue weighted by atomic mass is 10.1. The summed E-state index contributed by atoms with van der Waals surface area (Å²) in [5, 5.41) is 12.7. The summed E-state index contributed by atoms with van der Waals surface area (Å²) in [6, 6.07) is 2.94. The van der Waals surface area contributed by atoms with Crippen molar-refractivity contribution in [2.24, 2.45) is 0 Å². The number of anilines is 2. The highest BCUT2D eigenvalue weighted by Crippen LogP contribution is 2.33. The highest BCUT2D eigenvalue weighted by atomic mass is 32.2. The van der Waals surface area contributed by atoms with Gasteiger partial charge in [0.15, 0.2) is 0 Å². The van der Waals surface area contributed by atoms with Crippen molar-refractivity contribution in [2.45, 2.75) is 11.3 Å². The van der Waals surface area contributed by atoms with Crippen LogP contribution >= 0.6 is 11.8 Å². The van der Waals surface area contributed by atoms with Crippen molar-refractivity contribution >= 4 is 29.3 Å². The minimum atomic E-state index is -4.55. The van der Waals surface area contributed by atoms with E-state index in [9.17, 15) is 18.0 Å². The van der Waals surface area contributed by atoms with E-state index in [0.29, 0.717) is 0 Å². The van der Waals surface area contributed by atoms with Crippen LogP contribution in [0.2, 0.25) is 0 Å². The Morgan fingerprint density at radius 1 is 1.38 bits per heavy atom. The zero-order chi connectivity index (χ0) is 18.7. The molecule has 2 aromatic heterocycles. The van der Waals surface area contributed by atoms with Crippen LogP contribution in [0.25, 0.3) is 5.69 Å². The average Bonchev–Trinajstić information content (AvgIpc) is 3.24. The van der Waals surface area contributed by atoms with Crippen LogP contribution in [0.15, 0.2) is 36.0 Å². The molecule has 9 nitrogen and oxygen atoms in total. The number of aromatic amines is 1. The number of rotatable bonds is 5. The number of alkyl halides is 3. The molecule has 0 unspecified atom stereocenters. The fraction of sp³-hybridized carbons (Fsp3) is 0.154. The number of halogens is 3. The molecular formula is C13H11F3N8OS. The van der Waals surface area contributed by atoms with Crippen LogP contribution in [0.5, 0.6) is 0 Å². The van der Waals surface area contributed by atoms with Gasteiger partial charge in [0.05, 0.1) is 22.7 Å². The maximum Gasteiger partial charge on any atom is 0.416 e. The first-order chi connectivity index (χ1) is 12.3. The molecule has 0 spiro atoms. The first kappa shape index (κ1) is 17.7. The smallest absolute Gasteiger partial charge is 0.368 e. The third-order valence-corrected chi connectivity index (χ3v) is 3.93. The van der Waals surface area contributed by atoms with Gasteiger partial charge >= 0.3 is 6.18 Å². The first-order valence-corrected chi connectivity index (χ1v) is 7.98. The Morgan fingerprint density at radius 2 is 2.19 bits per heavy atom. The van der Waals surface area contributed by atoms with E-state index in [-0.39, 0.29) is 28.2 Å². The van der Waals surface area contributed by atoms with Crippen LogP contribution in [0.4, 0.5) is 24.8 Å². The molecule has 0 saturated heterocycles. The van der Waals surface area contributed by atoms with Crippen LogP contribution in [-0.2, 0) is 11.0 Å². The summed E-state index contributed by atoms with van der Waals surface area (Å²) < 4.78 is 40.2. The molecule has 0 radical (unpaired) electrons. The average molecular weight is 384 g/mol. The third-order valence-electron chi connectivity index (χ3n) is 3.08. The molecule has 0 bridgehead atoms. The fourth-order valence-corrected chi connectivity index (χ4v) is 2.59. The Balaban J connectivity index is 1.80. The third kappa shape index (κ3) is 4.11. The summed E-state index contributed by atoms with van der Waals surface area (Å²) in [6.45, 7) is 0. The molecule has 4 N–H and O–H groups in total. The maximum atomic E-state index is 13.0. The van der Waals surface area contributed by atoms with E-state index in [1.54, 1.807) is 0 Å². The van der Waals surface area contributed by atoms with Crippen molar-refractivity contribution in [3.63, 3.8) is 0 Å². The molecule has 1 amide bonds. The second kappa shape index (κ2) is 7.03. The molecule has 26 heavy (non-hydrogen) atoms. The van der Waals surface area contributed by atoms with E-state index in [1.165, 1.54) is 23.4 Å². The molecule has 2 heterocycles. The van der Waals surface area contributed by atoms with Gasteiger partial charge in [-0.1, -0.05) is 11.8 Å². The van der Waals surface area contributed by atoms with Crippen molar-refractivity contribution in [1.29, 1.82) is 0 Å². The quantitative estimate of drug-likeness (QED) is 0.572. The molecule has 3 aromatic rings. The second-order valence-electron chi connectivity index (χ2n) is 4.91. The molecule has 1 aromatic carbocycles. The van der Waals surface area contributed by atoms with Crippen LogP contribution < -0.4 is 11.1 Å². The van der Waals surface area contributed by atoms with Gasteiger partial charge in [-0.05, 0) is 18.2 Å². The number of carbonyl (C=O) groups excluding carboxylic acids is 1. The van der Waals surface area contributed by atoms with Gasteiger partial charge in [-0.15, -0.1) is 5.10 Å². The minimum Gasteiger partial charge on any atom is -0.368 e. The van der Waals surface area contributed by atoms with E-state index in [2.05, 4.69) is 30.6 Å². The standard InChI is InChI=1S/C13H11F3N8OS/c14-13(15,16)7-1-2-9(24-6-18-5-19-24)8(3-7)20-10(25)4-26-12-21-11(17)22-23-12/h1-3,5-6H,4H2,(H,20,25)(H3,17,21,22,23). The Bertz CT molecular complexity index is 909. The van der Waals surface area contributed by atoms with Crippen molar-refractivity contribution in [3.8, 4) is 5.69 Å². The summed E-state index contributed by atoms with van der Waals surface area (Å²) >= 11 is 0.979. The topological polar surface area (TPSA) is 127 Å². The number of thioether (sulfide) groups is 1. The van der Waals surface area contributed by atoms with Gasteiger partial charge in [0.1, 0.15) is 12.7 Å². The molecule has 13 heteroatoms. The highest BCUT2D eigenvalue weighted by Gasteiger charge is 2.31. The number of hydrogen-bond donors (Lipinski definition) is 3. The molecule has 0 aliphatic carbocycles. The zero-order valence-electron chi connectivity index (χ0n) is 12.9. The molecule has 0 aliphatic rings. The number of H-pyrrole nitrogens is 1. The molecule has 136 valence electrons. The van der Waals surface area contributed by atoms with Gasteiger partial charge in [0.25, 0.3) is 0 Å². The SMILES string of the molecule is Nc1nc(SCC(=O)Nc2cc(C(F)(F)F)ccc2-n2cncn2)n[nH]1. The number of hydrogen-bond acceptors (Lipinski definition) is 7. The monoisotopic (exact) mass is 384 g/mol. The number of nitrogens with two attached hydrogens (primary N) is 1. The molecule has 0 fully saturated rings. The van der Waals surface area contributed by atoms with Crippen molar-refractivity contribution in [3.05, 3.63) is 36.4 Å². The van der Waals surface area contributed by atoms with E-state index < -0.39 is 17.6 Å². The van der Waals surface area contributed by atoms with Gasteiger partial charge in [0, 0.05) is 0 Å². The second-order valence-corrected chi connectivity index (χ2v) is 5.85. The van der Waals surface area contributed by atoms with Crippen molar-refractivity contribution in [1.82, 2.24) is 29.9 Å². The van der Waals surface area contributed by atoms with Gasteiger partial charge in [-0.25, -0.2) is 14.8 Å². The number of nitrogen functional groups attached to an aromatic ring is 1. The van der Waals surface area contributed by atoms with Gasteiger partial charge < -0.3 is 11.1 Å². The molecule has 3 rings (SSSR count). The summed E-state index contributed by atoms with van der Waals surface area (Å²) in [6.07, 6.45) is -2.01. The predicted octanol–water partition coefficient (Wildman–Crippen LogP) is 1.72. The van der Waals surface area contributed by atoms with E-state index in [0.717, 1.165) is 23.9 Å². The summed E-state index contributed by atoms with van der Waals surface area (Å²) in [7, 11) is 0. The van der Waals surface area contributed by atoms with Gasteiger partial charge in [0.2, 0.25) is 17.0 Å². The molecule has 0 atom stereocenters. The van der Waals surface area contributed by atoms with Gasteiger partial charge in [-0.3, -0.25) is 4.79 Å². The van der Waals surface area contributed by atoms with E-state index in [1.807, 2.05) is 0 Å². The van der Waals surface area contributed by atoms with E-state index in [4.69, 9.17) is 5.73 Å². The van der Waals surface area contributed by atoms with E-state index >= 15 is 0 Å². The molecule has 0 saturated carbocycles. The zero-order valence-corrected chi connectivity index (χ0v) is 13.7. The number of carbonyl (C=O) groups is 1. The van der Waals surface area contributed by atoms with Gasteiger partial charge in [-0.2, -0.15) is 23.3 Å². The summed E-state index contributed by atoms with van der Waals surface area (Å²) in [5.74, 6) is -0.567. The molecular weight excluding hydrogens is 373 g/mol. The lowest BCUT2D eigenvalue weighted by Gasteiger charge is -2.14. The number of benzene rings is 1. The van der Waals surface area contributed by atoms with Crippen LogP contribution in [0.3, 0.4) is 0 Å².